The van der Waals surface area contributed by atoms with Crippen LogP contribution in [-0.4, -0.2) is 65.0 Å². The number of hydrogen-bond donors (Lipinski definition) is 0. The van der Waals surface area contributed by atoms with Crippen LogP contribution in [0.25, 0.3) is 0 Å². The molecular weight excluding hydrogens is 462 g/mol. The number of methoxy groups -OCH3 is 3. The zero-order chi connectivity index (χ0) is 24.9. The Balaban J connectivity index is 1.80. The molecule has 1 fully saturated rings. The molecule has 0 aliphatic carbocycles. The lowest BCUT2D eigenvalue weighted by Gasteiger charge is -2.32. The van der Waals surface area contributed by atoms with Crippen molar-refractivity contribution in [1.29, 1.82) is 0 Å². The van der Waals surface area contributed by atoms with Crippen molar-refractivity contribution in [3.63, 3.8) is 0 Å². The van der Waals surface area contributed by atoms with Gasteiger partial charge < -0.3 is 18.9 Å². The van der Waals surface area contributed by atoms with E-state index in [4.69, 9.17) is 18.9 Å². The molecular formula is C24H29NO8S. The molecule has 2 aromatic rings. The van der Waals surface area contributed by atoms with Crippen LogP contribution in [0.15, 0.2) is 41.3 Å². The maximum atomic E-state index is 13.3. The third-order valence-corrected chi connectivity index (χ3v) is 7.81. The lowest BCUT2D eigenvalue weighted by molar-refractivity contribution is 0.0473. The van der Waals surface area contributed by atoms with Gasteiger partial charge in [0, 0.05) is 18.7 Å². The summed E-state index contributed by atoms with van der Waals surface area (Å²) in [5.74, 6) is -0.370. The summed E-state index contributed by atoms with van der Waals surface area (Å²) >= 11 is 0. The van der Waals surface area contributed by atoms with Gasteiger partial charge in [0.15, 0.2) is 6.61 Å². The highest BCUT2D eigenvalue weighted by Gasteiger charge is 2.33. The fourth-order valence-corrected chi connectivity index (χ4v) is 5.76. The van der Waals surface area contributed by atoms with Crippen LogP contribution in [0.3, 0.4) is 0 Å². The van der Waals surface area contributed by atoms with Crippen LogP contribution in [0.1, 0.15) is 46.9 Å². The van der Waals surface area contributed by atoms with Crippen LogP contribution >= 0.6 is 0 Å². The summed E-state index contributed by atoms with van der Waals surface area (Å²) in [5.41, 5.74) is 0.228. The van der Waals surface area contributed by atoms with E-state index in [0.29, 0.717) is 12.3 Å². The Morgan fingerprint density at radius 2 is 1.71 bits per heavy atom. The molecule has 0 amide bonds. The smallest absolute Gasteiger partial charge is 0.338 e. The first-order valence-corrected chi connectivity index (χ1v) is 12.3. The van der Waals surface area contributed by atoms with Crippen LogP contribution < -0.4 is 14.2 Å². The zero-order valence-corrected chi connectivity index (χ0v) is 20.5. The summed E-state index contributed by atoms with van der Waals surface area (Å²) in [6.07, 6.45) is 2.49. The van der Waals surface area contributed by atoms with Gasteiger partial charge in [0.25, 0.3) is 0 Å². The number of sulfonamides is 1. The van der Waals surface area contributed by atoms with Crippen LogP contribution in [0.5, 0.6) is 17.2 Å². The SMILES string of the molecule is COc1ccc(C(=O)COC(=O)c2ccc(OC)c(S(=O)(=O)N3CCCC[C@H]3C)c2)c(OC)c1. The highest BCUT2D eigenvalue weighted by atomic mass is 32.2. The van der Waals surface area contributed by atoms with Crippen LogP contribution in [0, 0.1) is 0 Å². The lowest BCUT2D eigenvalue weighted by atomic mass is 10.1. The summed E-state index contributed by atoms with van der Waals surface area (Å²) in [5, 5.41) is 0. The molecule has 34 heavy (non-hydrogen) atoms. The Labute approximate surface area is 199 Å². The Morgan fingerprint density at radius 1 is 0.971 bits per heavy atom. The summed E-state index contributed by atoms with van der Waals surface area (Å²) in [6, 6.07) is 8.56. The van der Waals surface area contributed by atoms with Gasteiger partial charge in [0.1, 0.15) is 22.1 Å². The number of benzene rings is 2. The molecule has 184 valence electrons. The Bertz CT molecular complexity index is 1160. The number of carbonyl (C=O) groups excluding carboxylic acids is 2. The van der Waals surface area contributed by atoms with Crippen molar-refractivity contribution in [2.24, 2.45) is 0 Å². The number of ether oxygens (including phenoxy) is 4. The van der Waals surface area contributed by atoms with E-state index in [0.717, 1.165) is 19.3 Å². The average molecular weight is 492 g/mol. The van der Waals surface area contributed by atoms with E-state index in [1.807, 2.05) is 6.92 Å². The Kier molecular flexibility index (Phi) is 8.16. The van der Waals surface area contributed by atoms with Gasteiger partial charge in [-0.1, -0.05) is 6.42 Å². The molecule has 2 aromatic carbocycles. The predicted molar refractivity (Wildman–Crippen MR) is 124 cm³/mol. The van der Waals surface area contributed by atoms with Gasteiger partial charge in [-0.05, 0) is 50.1 Å². The second kappa shape index (κ2) is 10.9. The molecule has 1 saturated heterocycles. The molecule has 0 bridgehead atoms. The minimum atomic E-state index is -3.89. The van der Waals surface area contributed by atoms with Gasteiger partial charge in [0.05, 0.1) is 32.5 Å². The van der Waals surface area contributed by atoms with Gasteiger partial charge >= 0.3 is 5.97 Å². The van der Waals surface area contributed by atoms with Crippen molar-refractivity contribution in [2.45, 2.75) is 37.1 Å². The third-order valence-electron chi connectivity index (χ3n) is 5.77. The van der Waals surface area contributed by atoms with E-state index in [1.165, 1.54) is 49.9 Å². The fourth-order valence-electron chi connectivity index (χ4n) is 3.88. The summed E-state index contributed by atoms with van der Waals surface area (Å²) in [6.45, 7) is 1.72. The van der Waals surface area contributed by atoms with Gasteiger partial charge in [0.2, 0.25) is 15.8 Å². The average Bonchev–Trinajstić information content (AvgIpc) is 2.86. The van der Waals surface area contributed by atoms with Crippen molar-refractivity contribution < 1.29 is 37.0 Å². The first-order chi connectivity index (χ1) is 16.2. The van der Waals surface area contributed by atoms with E-state index in [9.17, 15) is 18.0 Å². The molecule has 0 aromatic heterocycles. The molecule has 9 nitrogen and oxygen atoms in total. The molecule has 0 spiro atoms. The molecule has 1 atom stereocenters. The monoisotopic (exact) mass is 491 g/mol. The number of rotatable bonds is 9. The molecule has 3 rings (SSSR count). The van der Waals surface area contributed by atoms with Crippen molar-refractivity contribution in [3.05, 3.63) is 47.5 Å². The largest absolute Gasteiger partial charge is 0.497 e. The van der Waals surface area contributed by atoms with Crippen molar-refractivity contribution in [2.75, 3.05) is 34.5 Å². The number of hydrogen-bond acceptors (Lipinski definition) is 8. The van der Waals surface area contributed by atoms with E-state index < -0.39 is 28.4 Å². The standard InChI is InChI=1S/C24H29NO8S/c1-16-7-5-6-12-25(16)34(28,29)23-13-17(8-11-21(23)31-3)24(27)33-15-20(26)19-10-9-18(30-2)14-22(19)32-4/h8-11,13-14,16H,5-7,12,15H2,1-4H3/t16-/m1/s1. The first kappa shape index (κ1) is 25.5. The van der Waals surface area contributed by atoms with E-state index >= 15 is 0 Å². The number of esters is 1. The highest BCUT2D eigenvalue weighted by Crippen LogP contribution is 2.32. The molecule has 1 aliphatic heterocycles. The van der Waals surface area contributed by atoms with E-state index in [1.54, 1.807) is 12.1 Å². The van der Waals surface area contributed by atoms with E-state index in [2.05, 4.69) is 0 Å². The molecule has 1 heterocycles. The second-order valence-corrected chi connectivity index (χ2v) is 9.75. The fraction of sp³-hybridized carbons (Fsp3) is 0.417. The molecule has 0 unspecified atom stereocenters. The van der Waals surface area contributed by atoms with E-state index in [-0.39, 0.29) is 33.6 Å². The number of ketones is 1. The van der Waals surface area contributed by atoms with Gasteiger partial charge in [-0.25, -0.2) is 13.2 Å². The topological polar surface area (TPSA) is 108 Å². The lowest BCUT2D eigenvalue weighted by Crippen LogP contribution is -2.42. The molecule has 0 saturated carbocycles. The number of carbonyl (C=O) groups is 2. The molecule has 1 aliphatic rings. The Hall–Kier alpha value is -3.11. The highest BCUT2D eigenvalue weighted by molar-refractivity contribution is 7.89. The van der Waals surface area contributed by atoms with Crippen molar-refractivity contribution in [3.8, 4) is 17.2 Å². The van der Waals surface area contributed by atoms with Gasteiger partial charge in [-0.2, -0.15) is 4.31 Å². The molecule has 0 N–H and O–H groups in total. The number of nitrogens with zero attached hydrogens (tertiary/aromatic N) is 1. The van der Waals surface area contributed by atoms with Crippen LogP contribution in [-0.2, 0) is 14.8 Å². The van der Waals surface area contributed by atoms with Gasteiger partial charge in [-0.3, -0.25) is 4.79 Å². The van der Waals surface area contributed by atoms with Crippen molar-refractivity contribution in [1.82, 2.24) is 4.31 Å². The summed E-state index contributed by atoms with van der Waals surface area (Å²) in [4.78, 5) is 25.2. The number of piperidine rings is 1. The first-order valence-electron chi connectivity index (χ1n) is 10.8. The summed E-state index contributed by atoms with van der Waals surface area (Å²) < 4.78 is 48.9. The number of Topliss-reactive ketones (excluding diaryl/α,β-unsaturated/α-hetero) is 1. The quantitative estimate of drug-likeness (QED) is 0.388. The maximum Gasteiger partial charge on any atom is 0.338 e. The Morgan fingerprint density at radius 3 is 2.35 bits per heavy atom. The van der Waals surface area contributed by atoms with Gasteiger partial charge in [-0.15, -0.1) is 0 Å². The van der Waals surface area contributed by atoms with Crippen LogP contribution in [0.2, 0.25) is 0 Å². The van der Waals surface area contributed by atoms with Crippen molar-refractivity contribution >= 4 is 21.8 Å². The molecule has 0 radical (unpaired) electrons. The van der Waals surface area contributed by atoms with Crippen LogP contribution in [0.4, 0.5) is 0 Å². The molecule has 10 heteroatoms. The summed E-state index contributed by atoms with van der Waals surface area (Å²) in [7, 11) is 0.383. The predicted octanol–water partition coefficient (Wildman–Crippen LogP) is 3.32. The third kappa shape index (κ3) is 5.34. The maximum absolute atomic E-state index is 13.3. The minimum absolute atomic E-state index is 0.00136. The minimum Gasteiger partial charge on any atom is -0.497 e. The normalized spacial score (nSPS) is 16.5. The second-order valence-electron chi connectivity index (χ2n) is 7.89. The zero-order valence-electron chi connectivity index (χ0n) is 19.7.